The van der Waals surface area contributed by atoms with Gasteiger partial charge in [0.2, 0.25) is 22.4 Å². The maximum atomic E-state index is 14.2. The molecule has 1 fully saturated rings. The summed E-state index contributed by atoms with van der Waals surface area (Å²) < 4.78 is 66.8. The molecule has 2 aromatic rings. The third kappa shape index (κ3) is 7.02. The number of nitrogens with one attached hydrogen (secondary N) is 2. The second kappa shape index (κ2) is 10.3. The molecule has 0 radical (unpaired) electrons. The van der Waals surface area contributed by atoms with Gasteiger partial charge in [0.05, 0.1) is 10.6 Å². The van der Waals surface area contributed by atoms with Gasteiger partial charge in [-0.15, -0.1) is 0 Å². The minimum Gasteiger partial charge on any atom is -0.446 e. The number of alkyl halides is 2. The maximum Gasteiger partial charge on any atom is 0.407 e. The van der Waals surface area contributed by atoms with Crippen LogP contribution in [0.3, 0.4) is 0 Å². The molecule has 9 nitrogen and oxygen atoms in total. The molecule has 0 saturated heterocycles. The Kier molecular flexibility index (Phi) is 7.74. The van der Waals surface area contributed by atoms with Gasteiger partial charge in [0.15, 0.2) is 0 Å². The summed E-state index contributed by atoms with van der Waals surface area (Å²) in [5, 5.41) is 10.0. The molecule has 3 rings (SSSR count). The highest BCUT2D eigenvalue weighted by Gasteiger charge is 2.29. The van der Waals surface area contributed by atoms with Crippen LogP contribution in [-0.2, 0) is 14.8 Å². The number of carbonyl (C=O) groups excluding carboxylic acids is 1. The van der Waals surface area contributed by atoms with Crippen LogP contribution in [0.2, 0.25) is 0 Å². The molecule has 180 valence electrons. The van der Waals surface area contributed by atoms with Gasteiger partial charge in [0.25, 0.3) is 0 Å². The van der Waals surface area contributed by atoms with Gasteiger partial charge in [-0.05, 0) is 55.9 Å². The van der Waals surface area contributed by atoms with Crippen LogP contribution in [0.4, 0.5) is 29.6 Å². The molecule has 13 heteroatoms. The van der Waals surface area contributed by atoms with Crippen molar-refractivity contribution in [2.24, 2.45) is 5.14 Å². The van der Waals surface area contributed by atoms with E-state index in [9.17, 15) is 26.4 Å². The van der Waals surface area contributed by atoms with E-state index in [1.165, 1.54) is 13.0 Å². The fourth-order valence-corrected chi connectivity index (χ4v) is 4.10. The van der Waals surface area contributed by atoms with Gasteiger partial charge in [-0.25, -0.2) is 41.5 Å². The Hall–Kier alpha value is -2.93. The van der Waals surface area contributed by atoms with E-state index in [0.29, 0.717) is 12.8 Å². The highest BCUT2D eigenvalue weighted by molar-refractivity contribution is 7.89. The largest absolute Gasteiger partial charge is 0.446 e. The third-order valence-electron chi connectivity index (χ3n) is 5.21. The van der Waals surface area contributed by atoms with E-state index in [0.717, 1.165) is 24.1 Å². The average Bonchev–Trinajstić information content (AvgIpc) is 3.16. The van der Waals surface area contributed by atoms with Gasteiger partial charge in [-0.2, -0.15) is 0 Å². The first-order valence-corrected chi connectivity index (χ1v) is 11.7. The summed E-state index contributed by atoms with van der Waals surface area (Å²) in [5.74, 6) is -0.675. The van der Waals surface area contributed by atoms with Crippen molar-refractivity contribution in [2.45, 2.75) is 62.0 Å². The zero-order chi connectivity index (χ0) is 24.2. The van der Waals surface area contributed by atoms with E-state index >= 15 is 0 Å². The number of nitrogens with zero attached hydrogens (tertiary/aromatic N) is 2. The van der Waals surface area contributed by atoms with E-state index in [1.807, 2.05) is 0 Å². The van der Waals surface area contributed by atoms with Crippen LogP contribution in [0.25, 0.3) is 0 Å². The second-order valence-corrected chi connectivity index (χ2v) is 9.42. The highest BCUT2D eigenvalue weighted by Crippen LogP contribution is 2.35. The number of rotatable bonds is 8. The molecule has 3 atom stereocenters. The number of primary sulfonamides is 1. The molecular formula is C20H24F3N5O4S. The van der Waals surface area contributed by atoms with Gasteiger partial charge >= 0.3 is 6.09 Å². The Morgan fingerprint density at radius 3 is 2.58 bits per heavy atom. The van der Waals surface area contributed by atoms with Gasteiger partial charge in [-0.1, -0.05) is 0 Å². The van der Waals surface area contributed by atoms with Crippen molar-refractivity contribution in [2.75, 3.05) is 5.32 Å². The number of carbonyl (C=O) groups is 1. The van der Waals surface area contributed by atoms with Gasteiger partial charge in [0.1, 0.15) is 11.9 Å². The number of ether oxygens (including phenoxy) is 1. The molecule has 1 aliphatic carbocycles. The predicted octanol–water partition coefficient (Wildman–Crippen LogP) is 3.41. The first kappa shape index (κ1) is 24.7. The molecule has 33 heavy (non-hydrogen) atoms. The number of nitrogens with two attached hydrogens (primary N) is 1. The lowest BCUT2D eigenvalue weighted by molar-refractivity contribution is 0.0895. The van der Waals surface area contributed by atoms with E-state index < -0.39 is 40.8 Å². The minimum atomic E-state index is -4.02. The molecule has 1 amide bonds. The number of anilines is 2. The fourth-order valence-electron chi connectivity index (χ4n) is 3.57. The van der Waals surface area contributed by atoms with Crippen molar-refractivity contribution < 1.29 is 31.1 Å². The van der Waals surface area contributed by atoms with Crippen LogP contribution in [0.1, 0.15) is 44.1 Å². The van der Waals surface area contributed by atoms with Crippen molar-refractivity contribution >= 4 is 27.8 Å². The van der Waals surface area contributed by atoms with Gasteiger partial charge in [-0.3, -0.25) is 0 Å². The predicted molar refractivity (Wildman–Crippen MR) is 113 cm³/mol. The molecule has 1 saturated carbocycles. The summed E-state index contributed by atoms with van der Waals surface area (Å²) in [4.78, 5) is 19.8. The molecule has 1 aromatic heterocycles. The molecule has 1 aliphatic rings. The Balaban J connectivity index is 1.54. The monoisotopic (exact) mass is 487 g/mol. The minimum absolute atomic E-state index is 0.0171. The summed E-state index contributed by atoms with van der Waals surface area (Å²) in [5.41, 5.74) is 0.791. The molecular weight excluding hydrogens is 463 g/mol. The van der Waals surface area contributed by atoms with Gasteiger partial charge in [0, 0.05) is 24.9 Å². The second-order valence-electron chi connectivity index (χ2n) is 7.86. The van der Waals surface area contributed by atoms with Crippen LogP contribution in [-0.4, -0.2) is 43.1 Å². The summed E-state index contributed by atoms with van der Waals surface area (Å²) in [7, 11) is -4.02. The standard InChI is InChI=1S/C20H24F3N5O4S/c1-11(6-18(22)23)27-20(29)32-14-3-2-12(7-14)13-9-25-19(26-10-13)28-17-5-4-15(8-16(17)21)33(24,30)31/h4-5,8-12,14,18H,2-3,6-7H2,1H3,(H,27,29)(H2,24,30,31)(H,25,26,28)/t11-,12+,14-/m0/s1. The summed E-state index contributed by atoms with van der Waals surface area (Å²) >= 11 is 0. The van der Waals surface area contributed by atoms with E-state index in [4.69, 9.17) is 9.88 Å². The molecule has 0 aliphatic heterocycles. The van der Waals surface area contributed by atoms with Crippen molar-refractivity contribution in [3.8, 4) is 0 Å². The number of amides is 1. The van der Waals surface area contributed by atoms with Crippen LogP contribution < -0.4 is 15.8 Å². The van der Waals surface area contributed by atoms with Crippen LogP contribution >= 0.6 is 0 Å². The Morgan fingerprint density at radius 2 is 1.97 bits per heavy atom. The first-order chi connectivity index (χ1) is 15.5. The molecule has 4 N–H and O–H groups in total. The number of aromatic nitrogens is 2. The number of benzene rings is 1. The average molecular weight is 488 g/mol. The Bertz CT molecular complexity index is 1090. The SMILES string of the molecule is C[C@@H](CC(F)F)NC(=O)O[C@H]1CC[C@@H](c2cnc(Nc3ccc(S(N)(=O)=O)cc3F)nc2)C1. The molecule has 0 bridgehead atoms. The number of hydrogen-bond acceptors (Lipinski definition) is 7. The molecule has 0 unspecified atom stereocenters. The van der Waals surface area contributed by atoms with Crippen molar-refractivity contribution in [1.82, 2.24) is 15.3 Å². The van der Waals surface area contributed by atoms with E-state index in [1.54, 1.807) is 12.4 Å². The summed E-state index contributed by atoms with van der Waals surface area (Å²) in [6.07, 6.45) is 1.00. The maximum absolute atomic E-state index is 14.2. The number of sulfonamides is 1. The van der Waals surface area contributed by atoms with E-state index in [-0.39, 0.29) is 28.6 Å². The van der Waals surface area contributed by atoms with Crippen LogP contribution in [0, 0.1) is 5.82 Å². The number of hydrogen-bond donors (Lipinski definition) is 3. The summed E-state index contributed by atoms with van der Waals surface area (Å²) in [6.45, 7) is 1.48. The number of halogens is 3. The molecule has 1 heterocycles. The van der Waals surface area contributed by atoms with Crippen molar-refractivity contribution in [3.63, 3.8) is 0 Å². The summed E-state index contributed by atoms with van der Waals surface area (Å²) in [6, 6.07) is 2.50. The lowest BCUT2D eigenvalue weighted by Crippen LogP contribution is -2.36. The lowest BCUT2D eigenvalue weighted by Gasteiger charge is -2.17. The van der Waals surface area contributed by atoms with Gasteiger partial charge < -0.3 is 15.4 Å². The highest BCUT2D eigenvalue weighted by atomic mass is 32.2. The molecule has 0 spiro atoms. The topological polar surface area (TPSA) is 136 Å². The lowest BCUT2D eigenvalue weighted by atomic mass is 10.0. The first-order valence-electron chi connectivity index (χ1n) is 10.2. The quantitative estimate of drug-likeness (QED) is 0.519. The van der Waals surface area contributed by atoms with Crippen molar-refractivity contribution in [1.29, 1.82) is 0 Å². The van der Waals surface area contributed by atoms with Crippen LogP contribution in [0.5, 0.6) is 0 Å². The fraction of sp³-hybridized carbons (Fsp3) is 0.450. The van der Waals surface area contributed by atoms with Crippen LogP contribution in [0.15, 0.2) is 35.5 Å². The Morgan fingerprint density at radius 1 is 1.27 bits per heavy atom. The zero-order valence-corrected chi connectivity index (χ0v) is 18.5. The Labute approximate surface area is 189 Å². The van der Waals surface area contributed by atoms with Crippen molar-refractivity contribution in [3.05, 3.63) is 42.0 Å². The molecule has 1 aromatic carbocycles. The smallest absolute Gasteiger partial charge is 0.407 e. The van der Waals surface area contributed by atoms with E-state index in [2.05, 4.69) is 20.6 Å². The number of alkyl carbamates (subject to hydrolysis) is 1. The normalized spacial score (nSPS) is 19.3. The zero-order valence-electron chi connectivity index (χ0n) is 17.7. The third-order valence-corrected chi connectivity index (χ3v) is 6.12.